The lowest BCUT2D eigenvalue weighted by Crippen LogP contribution is -2.13. The second-order valence-corrected chi connectivity index (χ2v) is 4.83. The Labute approximate surface area is 114 Å². The molecule has 103 valence electrons. The molecule has 0 aliphatic rings. The number of hydrogen-bond donors (Lipinski definition) is 1. The first-order valence-corrected chi connectivity index (χ1v) is 6.49. The van der Waals surface area contributed by atoms with Gasteiger partial charge in [0, 0.05) is 49.9 Å². The normalized spacial score (nSPS) is 11.4. The summed E-state index contributed by atoms with van der Waals surface area (Å²) in [6, 6.07) is 7.25. The number of ether oxygens (including phenoxy) is 2. The van der Waals surface area contributed by atoms with Crippen LogP contribution < -0.4 is 4.74 Å². The minimum Gasteiger partial charge on any atom is -0.493 e. The summed E-state index contributed by atoms with van der Waals surface area (Å²) in [5.74, 6) is 0.938. The topological polar surface area (TPSA) is 37.5 Å². The van der Waals surface area contributed by atoms with Gasteiger partial charge < -0.3 is 19.4 Å². The van der Waals surface area contributed by atoms with Gasteiger partial charge in [0.1, 0.15) is 5.75 Å². The summed E-state index contributed by atoms with van der Waals surface area (Å²) in [5, 5.41) is 1.10. The standard InChI is InChI=1S/C15H21N2O2/c1-17(2)11-13-14(19-10-4-9-18-3)6-5-12-7-8-16-15(12)13/h5-6,8,16H,4,9-11H2,1-3H3. The van der Waals surface area contributed by atoms with Gasteiger partial charge in [-0.3, -0.25) is 0 Å². The number of methoxy groups -OCH3 is 1. The van der Waals surface area contributed by atoms with Crippen molar-refractivity contribution in [2.24, 2.45) is 0 Å². The van der Waals surface area contributed by atoms with Crippen LogP contribution in [0.1, 0.15) is 12.0 Å². The molecule has 2 rings (SSSR count). The second-order valence-electron chi connectivity index (χ2n) is 4.83. The van der Waals surface area contributed by atoms with Crippen LogP contribution in [0.25, 0.3) is 10.9 Å². The summed E-state index contributed by atoms with van der Waals surface area (Å²) in [6.07, 6.45) is 2.74. The van der Waals surface area contributed by atoms with Crippen molar-refractivity contribution in [3.8, 4) is 5.75 Å². The third kappa shape index (κ3) is 3.49. The predicted octanol–water partition coefficient (Wildman–Crippen LogP) is 2.44. The molecule has 0 aliphatic heterocycles. The van der Waals surface area contributed by atoms with Gasteiger partial charge in [-0.1, -0.05) is 0 Å². The number of fused-ring (bicyclic) bond motifs is 1. The van der Waals surface area contributed by atoms with E-state index in [-0.39, 0.29) is 0 Å². The van der Waals surface area contributed by atoms with Gasteiger partial charge in [-0.15, -0.1) is 0 Å². The van der Waals surface area contributed by atoms with E-state index in [0.717, 1.165) is 36.2 Å². The van der Waals surface area contributed by atoms with Crippen molar-refractivity contribution < 1.29 is 9.47 Å². The molecule has 0 amide bonds. The summed E-state index contributed by atoms with van der Waals surface area (Å²) in [6.45, 7) is 2.23. The molecule has 0 fully saturated rings. The van der Waals surface area contributed by atoms with Crippen LogP contribution in [-0.4, -0.2) is 44.3 Å². The second kappa shape index (κ2) is 6.59. The lowest BCUT2D eigenvalue weighted by atomic mass is 10.1. The number of H-pyrrole nitrogens is 1. The van der Waals surface area contributed by atoms with Crippen LogP contribution in [-0.2, 0) is 11.3 Å². The molecular formula is C15H21N2O2. The lowest BCUT2D eigenvalue weighted by molar-refractivity contribution is 0.171. The zero-order valence-electron chi connectivity index (χ0n) is 11.8. The highest BCUT2D eigenvalue weighted by Gasteiger charge is 2.11. The molecule has 4 nitrogen and oxygen atoms in total. The Bertz CT molecular complexity index is 520. The van der Waals surface area contributed by atoms with Crippen molar-refractivity contribution >= 4 is 10.9 Å². The van der Waals surface area contributed by atoms with Crippen molar-refractivity contribution in [2.45, 2.75) is 13.0 Å². The van der Waals surface area contributed by atoms with E-state index in [2.05, 4.69) is 30.0 Å². The lowest BCUT2D eigenvalue weighted by Gasteiger charge is -2.16. The van der Waals surface area contributed by atoms with E-state index in [1.165, 1.54) is 5.56 Å². The van der Waals surface area contributed by atoms with Crippen LogP contribution in [0, 0.1) is 6.07 Å². The van der Waals surface area contributed by atoms with E-state index in [9.17, 15) is 0 Å². The first-order valence-electron chi connectivity index (χ1n) is 6.49. The Kier molecular flexibility index (Phi) is 4.82. The van der Waals surface area contributed by atoms with Gasteiger partial charge in [0.15, 0.2) is 0 Å². The maximum Gasteiger partial charge on any atom is 0.125 e. The number of benzene rings is 1. The number of aromatic nitrogens is 1. The van der Waals surface area contributed by atoms with E-state index in [1.807, 2.05) is 18.3 Å². The van der Waals surface area contributed by atoms with Gasteiger partial charge in [-0.25, -0.2) is 0 Å². The van der Waals surface area contributed by atoms with Gasteiger partial charge >= 0.3 is 0 Å². The Morgan fingerprint density at radius 3 is 2.84 bits per heavy atom. The zero-order valence-corrected chi connectivity index (χ0v) is 11.8. The molecule has 4 heteroatoms. The fourth-order valence-electron chi connectivity index (χ4n) is 2.09. The van der Waals surface area contributed by atoms with E-state index >= 15 is 0 Å². The summed E-state index contributed by atoms with van der Waals surface area (Å²) < 4.78 is 10.9. The van der Waals surface area contributed by atoms with Crippen molar-refractivity contribution in [1.29, 1.82) is 0 Å². The van der Waals surface area contributed by atoms with Crippen molar-refractivity contribution in [1.82, 2.24) is 9.88 Å². The van der Waals surface area contributed by atoms with Gasteiger partial charge in [0.05, 0.1) is 12.1 Å². The van der Waals surface area contributed by atoms with Crippen LogP contribution in [0.3, 0.4) is 0 Å². The van der Waals surface area contributed by atoms with Crippen molar-refractivity contribution in [3.05, 3.63) is 30.0 Å². The van der Waals surface area contributed by atoms with Crippen LogP contribution >= 0.6 is 0 Å². The average molecular weight is 261 g/mol. The summed E-state index contributed by atoms with van der Waals surface area (Å²) in [4.78, 5) is 5.39. The van der Waals surface area contributed by atoms with Gasteiger partial charge in [-0.2, -0.15) is 0 Å². The van der Waals surface area contributed by atoms with E-state index in [0.29, 0.717) is 6.61 Å². The summed E-state index contributed by atoms with van der Waals surface area (Å²) in [7, 11) is 5.82. The first-order chi connectivity index (χ1) is 9.22. The molecule has 0 atom stereocenters. The number of aromatic amines is 1. The number of nitrogens with zero attached hydrogens (tertiary/aromatic N) is 1. The zero-order chi connectivity index (χ0) is 13.7. The molecule has 0 bridgehead atoms. The van der Waals surface area contributed by atoms with Gasteiger partial charge in [-0.05, 0) is 26.2 Å². The molecule has 19 heavy (non-hydrogen) atoms. The molecule has 1 N–H and O–H groups in total. The monoisotopic (exact) mass is 261 g/mol. The molecule has 0 aliphatic carbocycles. The predicted molar refractivity (Wildman–Crippen MR) is 76.5 cm³/mol. The molecule has 0 unspecified atom stereocenters. The summed E-state index contributed by atoms with van der Waals surface area (Å²) in [5.41, 5.74) is 2.29. The largest absolute Gasteiger partial charge is 0.493 e. The van der Waals surface area contributed by atoms with Crippen molar-refractivity contribution in [2.75, 3.05) is 34.4 Å². The molecule has 1 aromatic heterocycles. The SMILES string of the molecule is COCCCOc1ccc2[c]c[nH]c2c1CN(C)C. The van der Waals surface area contributed by atoms with Crippen LogP contribution in [0.15, 0.2) is 18.3 Å². The fourth-order valence-corrected chi connectivity index (χ4v) is 2.09. The molecule has 0 saturated heterocycles. The molecular weight excluding hydrogens is 240 g/mol. The molecule has 0 spiro atoms. The molecule has 2 aromatic rings. The minimum atomic E-state index is 0.671. The Hall–Kier alpha value is -1.52. The van der Waals surface area contributed by atoms with E-state index in [4.69, 9.17) is 9.47 Å². The Balaban J connectivity index is 2.20. The third-order valence-corrected chi connectivity index (χ3v) is 2.94. The number of nitrogens with one attached hydrogen (secondary N) is 1. The Morgan fingerprint density at radius 1 is 1.26 bits per heavy atom. The Morgan fingerprint density at radius 2 is 2.11 bits per heavy atom. The van der Waals surface area contributed by atoms with Crippen LogP contribution in [0.2, 0.25) is 0 Å². The molecule has 1 radical (unpaired) electrons. The first kappa shape index (κ1) is 13.9. The summed E-state index contributed by atoms with van der Waals surface area (Å²) >= 11 is 0. The quantitative estimate of drug-likeness (QED) is 0.778. The maximum atomic E-state index is 5.88. The molecule has 0 saturated carbocycles. The molecule has 1 aromatic carbocycles. The van der Waals surface area contributed by atoms with Crippen LogP contribution in [0.5, 0.6) is 5.75 Å². The highest BCUT2D eigenvalue weighted by atomic mass is 16.5. The smallest absolute Gasteiger partial charge is 0.125 e. The van der Waals surface area contributed by atoms with E-state index in [1.54, 1.807) is 7.11 Å². The highest BCUT2D eigenvalue weighted by Crippen LogP contribution is 2.28. The van der Waals surface area contributed by atoms with Gasteiger partial charge in [0.2, 0.25) is 0 Å². The van der Waals surface area contributed by atoms with Crippen LogP contribution in [0.4, 0.5) is 0 Å². The minimum absolute atomic E-state index is 0.671. The third-order valence-electron chi connectivity index (χ3n) is 2.94. The fraction of sp³-hybridized carbons (Fsp3) is 0.467. The average Bonchev–Trinajstić information content (AvgIpc) is 2.84. The number of hydrogen-bond acceptors (Lipinski definition) is 3. The highest BCUT2D eigenvalue weighted by molar-refractivity contribution is 5.84. The number of rotatable bonds is 7. The van der Waals surface area contributed by atoms with E-state index < -0.39 is 0 Å². The van der Waals surface area contributed by atoms with Gasteiger partial charge in [0.25, 0.3) is 0 Å². The maximum absolute atomic E-state index is 5.88. The van der Waals surface area contributed by atoms with Crippen molar-refractivity contribution in [3.63, 3.8) is 0 Å². The molecule has 1 heterocycles.